The molecule has 0 saturated heterocycles. The molecule has 7 heteroatoms. The van der Waals surface area contributed by atoms with Gasteiger partial charge in [-0.05, 0) is 12.8 Å². The van der Waals surface area contributed by atoms with Gasteiger partial charge in [0.25, 0.3) is 0 Å². The molecule has 128 valence electrons. The zero-order valence-corrected chi connectivity index (χ0v) is 13.2. The van der Waals surface area contributed by atoms with Gasteiger partial charge in [0.15, 0.2) is 5.78 Å². The van der Waals surface area contributed by atoms with E-state index in [2.05, 4.69) is 0 Å². The molecule has 0 amide bonds. The minimum atomic E-state index is -1.15. The third kappa shape index (κ3) is 4.95. The van der Waals surface area contributed by atoms with E-state index in [9.17, 15) is 25.2 Å². The Labute approximate surface area is 131 Å². The summed E-state index contributed by atoms with van der Waals surface area (Å²) in [6.45, 7) is 1.72. The summed E-state index contributed by atoms with van der Waals surface area (Å²) in [5.74, 6) is -3.97. The van der Waals surface area contributed by atoms with Crippen molar-refractivity contribution in [3.63, 3.8) is 0 Å². The van der Waals surface area contributed by atoms with Crippen LogP contribution in [0.2, 0.25) is 0 Å². The monoisotopic (exact) mass is 316 g/mol. The number of ketones is 1. The normalized spacial score (nSPS) is 16.6. The van der Waals surface area contributed by atoms with Gasteiger partial charge >= 0.3 is 0 Å². The lowest BCUT2D eigenvalue weighted by molar-refractivity contribution is -0.124. The number of carbonyl (C=O) groups excluding carboxylic acids is 1. The topological polar surface area (TPSA) is 146 Å². The molecule has 0 saturated carbocycles. The van der Waals surface area contributed by atoms with Crippen LogP contribution in [-0.4, -0.2) is 64.1 Å². The number of Topliss-reactive ketones (excluding diaryl/α,β-unsaturated/α-hetero) is 1. The first-order valence-corrected chi connectivity index (χ1v) is 7.56. The van der Waals surface area contributed by atoms with Crippen molar-refractivity contribution in [1.29, 1.82) is 10.8 Å². The fourth-order valence-corrected chi connectivity index (χ4v) is 2.39. The summed E-state index contributed by atoms with van der Waals surface area (Å²) in [5, 5.41) is 53.3. The SMILES string of the molecule is CCC(CO)C(=N)C(CO)C(=O)C(CO)C(=N)C(CC)CO. The number of hydrogen-bond acceptors (Lipinski definition) is 7. The predicted molar refractivity (Wildman–Crippen MR) is 83.3 cm³/mol. The number of hydrogen-bond donors (Lipinski definition) is 6. The summed E-state index contributed by atoms with van der Waals surface area (Å²) in [7, 11) is 0. The summed E-state index contributed by atoms with van der Waals surface area (Å²) in [6, 6.07) is 0. The Bertz CT molecular complexity index is 344. The molecule has 4 atom stereocenters. The smallest absolute Gasteiger partial charge is 0.154 e. The molecule has 0 aliphatic carbocycles. The number of aliphatic hydroxyl groups excluding tert-OH is 4. The molecule has 7 nitrogen and oxygen atoms in total. The van der Waals surface area contributed by atoms with Gasteiger partial charge < -0.3 is 31.2 Å². The average Bonchev–Trinajstić information content (AvgIpc) is 2.51. The zero-order chi connectivity index (χ0) is 17.3. The van der Waals surface area contributed by atoms with Crippen LogP contribution in [0.15, 0.2) is 0 Å². The Kier molecular flexibility index (Phi) is 10.0. The van der Waals surface area contributed by atoms with E-state index < -0.39 is 42.7 Å². The highest BCUT2D eigenvalue weighted by molar-refractivity contribution is 6.14. The second kappa shape index (κ2) is 10.6. The average molecular weight is 316 g/mol. The molecule has 22 heavy (non-hydrogen) atoms. The highest BCUT2D eigenvalue weighted by Gasteiger charge is 2.35. The van der Waals surface area contributed by atoms with E-state index in [1.54, 1.807) is 13.8 Å². The Morgan fingerprint density at radius 1 is 0.773 bits per heavy atom. The van der Waals surface area contributed by atoms with Crippen LogP contribution in [0.5, 0.6) is 0 Å². The summed E-state index contributed by atoms with van der Waals surface area (Å²) >= 11 is 0. The van der Waals surface area contributed by atoms with Gasteiger partial charge in [0.2, 0.25) is 0 Å². The Morgan fingerprint density at radius 2 is 1.09 bits per heavy atom. The van der Waals surface area contributed by atoms with Gasteiger partial charge in [-0.2, -0.15) is 0 Å². The van der Waals surface area contributed by atoms with Crippen molar-refractivity contribution in [3.8, 4) is 0 Å². The van der Waals surface area contributed by atoms with E-state index in [1.165, 1.54) is 0 Å². The van der Waals surface area contributed by atoms with E-state index in [1.807, 2.05) is 0 Å². The zero-order valence-electron chi connectivity index (χ0n) is 13.2. The molecule has 0 heterocycles. The van der Waals surface area contributed by atoms with Crippen LogP contribution in [-0.2, 0) is 4.79 Å². The van der Waals surface area contributed by atoms with Gasteiger partial charge in [-0.25, -0.2) is 0 Å². The van der Waals surface area contributed by atoms with Crippen LogP contribution >= 0.6 is 0 Å². The lowest BCUT2D eigenvalue weighted by Crippen LogP contribution is -2.42. The molecular weight excluding hydrogens is 288 g/mol. The third-order valence-electron chi connectivity index (χ3n) is 4.11. The maximum absolute atomic E-state index is 12.5. The molecule has 4 unspecified atom stereocenters. The molecule has 0 spiro atoms. The van der Waals surface area contributed by atoms with Gasteiger partial charge in [-0.3, -0.25) is 4.79 Å². The Morgan fingerprint density at radius 3 is 1.27 bits per heavy atom. The second-order valence-electron chi connectivity index (χ2n) is 5.36. The highest BCUT2D eigenvalue weighted by Crippen LogP contribution is 2.20. The van der Waals surface area contributed by atoms with Crippen LogP contribution in [0, 0.1) is 34.5 Å². The first-order valence-electron chi connectivity index (χ1n) is 7.56. The quantitative estimate of drug-likeness (QED) is 0.277. The van der Waals surface area contributed by atoms with Gasteiger partial charge in [-0.15, -0.1) is 0 Å². The van der Waals surface area contributed by atoms with Gasteiger partial charge in [-0.1, -0.05) is 13.8 Å². The van der Waals surface area contributed by atoms with Gasteiger partial charge in [0.05, 0.1) is 38.3 Å². The number of rotatable bonds is 12. The highest BCUT2D eigenvalue weighted by atomic mass is 16.3. The van der Waals surface area contributed by atoms with Crippen molar-refractivity contribution in [2.45, 2.75) is 26.7 Å². The molecule has 6 N–H and O–H groups in total. The summed E-state index contributed by atoms with van der Waals surface area (Å²) in [4.78, 5) is 12.5. The molecule has 0 aromatic rings. The van der Waals surface area contributed by atoms with Crippen molar-refractivity contribution >= 4 is 17.2 Å². The molecule has 0 rings (SSSR count). The fraction of sp³-hybridized carbons (Fsp3) is 0.800. The number of nitrogens with one attached hydrogen (secondary N) is 2. The van der Waals surface area contributed by atoms with Gasteiger partial charge in [0, 0.05) is 23.3 Å². The van der Waals surface area contributed by atoms with E-state index in [0.29, 0.717) is 12.8 Å². The first-order chi connectivity index (χ1) is 10.4. The summed E-state index contributed by atoms with van der Waals surface area (Å²) < 4.78 is 0. The Hall–Kier alpha value is -1.15. The van der Waals surface area contributed by atoms with Crippen LogP contribution in [0.4, 0.5) is 0 Å². The standard InChI is InChI=1S/C15H28N2O5/c1-3-9(5-18)13(16)11(7-20)15(22)12(8-21)14(17)10(4-2)6-19/h9-12,16-21H,3-8H2,1-2H3. The van der Waals surface area contributed by atoms with Crippen molar-refractivity contribution in [1.82, 2.24) is 0 Å². The molecule has 0 aromatic heterocycles. The van der Waals surface area contributed by atoms with Crippen molar-refractivity contribution in [2.75, 3.05) is 26.4 Å². The third-order valence-corrected chi connectivity index (χ3v) is 4.11. The minimum absolute atomic E-state index is 0.0826. The number of aliphatic hydroxyl groups is 4. The van der Waals surface area contributed by atoms with Crippen molar-refractivity contribution in [3.05, 3.63) is 0 Å². The number of carbonyl (C=O) groups is 1. The fourth-order valence-electron chi connectivity index (χ4n) is 2.39. The lowest BCUT2D eigenvalue weighted by Gasteiger charge is -2.26. The largest absolute Gasteiger partial charge is 0.396 e. The minimum Gasteiger partial charge on any atom is -0.396 e. The van der Waals surface area contributed by atoms with Crippen LogP contribution in [0.3, 0.4) is 0 Å². The summed E-state index contributed by atoms with van der Waals surface area (Å²) in [5.41, 5.74) is -0.165. The second-order valence-corrected chi connectivity index (χ2v) is 5.36. The Balaban J connectivity index is 5.29. The first kappa shape index (κ1) is 20.9. The molecule has 0 aromatic carbocycles. The predicted octanol–water partition coefficient (Wildman–Crippen LogP) is -0.151. The molecular formula is C15H28N2O5. The molecule has 0 radical (unpaired) electrons. The summed E-state index contributed by atoms with van der Waals surface area (Å²) in [6.07, 6.45) is 0.906. The molecule has 0 fully saturated rings. The lowest BCUT2D eigenvalue weighted by atomic mass is 9.79. The van der Waals surface area contributed by atoms with Crippen molar-refractivity contribution in [2.24, 2.45) is 23.7 Å². The van der Waals surface area contributed by atoms with Crippen LogP contribution in [0.1, 0.15) is 26.7 Å². The molecule has 0 aliphatic rings. The van der Waals surface area contributed by atoms with Crippen molar-refractivity contribution < 1.29 is 25.2 Å². The van der Waals surface area contributed by atoms with E-state index in [-0.39, 0.29) is 24.6 Å². The molecule has 0 bridgehead atoms. The van der Waals surface area contributed by atoms with Gasteiger partial charge in [0.1, 0.15) is 0 Å². The van der Waals surface area contributed by atoms with Crippen LogP contribution < -0.4 is 0 Å². The maximum Gasteiger partial charge on any atom is 0.154 e. The van der Waals surface area contributed by atoms with E-state index >= 15 is 0 Å². The maximum atomic E-state index is 12.5. The van der Waals surface area contributed by atoms with E-state index in [0.717, 1.165) is 0 Å². The van der Waals surface area contributed by atoms with E-state index in [4.69, 9.17) is 10.8 Å². The molecule has 0 aliphatic heterocycles. The van der Waals surface area contributed by atoms with Crippen LogP contribution in [0.25, 0.3) is 0 Å².